The van der Waals surface area contributed by atoms with E-state index < -0.39 is 0 Å². The molecule has 1 amide bonds. The van der Waals surface area contributed by atoms with Crippen LogP contribution in [0.15, 0.2) is 48.5 Å². The van der Waals surface area contributed by atoms with Gasteiger partial charge in [0.05, 0.1) is 0 Å². The van der Waals surface area contributed by atoms with E-state index in [9.17, 15) is 4.79 Å². The molecule has 3 rings (SSSR count). The van der Waals surface area contributed by atoms with Gasteiger partial charge in [0.25, 0.3) is 0 Å². The van der Waals surface area contributed by atoms with Gasteiger partial charge in [0, 0.05) is 18.2 Å². The van der Waals surface area contributed by atoms with Gasteiger partial charge in [0.2, 0.25) is 5.91 Å². The summed E-state index contributed by atoms with van der Waals surface area (Å²) in [4.78, 5) is 12.3. The first kappa shape index (κ1) is 16.6. The standard InChI is InChI=1S/C21H26N2O/c1-14(2)16-5-7-17(8-6-16)19-13-20(19)21(24)23-12-11-15-3-9-18(22)10-4-15/h3-10,14,19-20H,11-13,22H2,1-2H3,(H,23,24). The van der Waals surface area contributed by atoms with Crippen molar-refractivity contribution in [3.8, 4) is 0 Å². The van der Waals surface area contributed by atoms with Gasteiger partial charge < -0.3 is 11.1 Å². The molecule has 3 heteroatoms. The van der Waals surface area contributed by atoms with E-state index in [0.29, 0.717) is 18.4 Å². The number of carbonyl (C=O) groups excluding carboxylic acids is 1. The molecule has 0 aliphatic heterocycles. The normalized spacial score (nSPS) is 19.3. The van der Waals surface area contributed by atoms with Crippen LogP contribution in [-0.2, 0) is 11.2 Å². The van der Waals surface area contributed by atoms with E-state index in [1.54, 1.807) is 0 Å². The Hall–Kier alpha value is -2.29. The van der Waals surface area contributed by atoms with Crippen molar-refractivity contribution in [2.24, 2.45) is 5.92 Å². The van der Waals surface area contributed by atoms with Crippen molar-refractivity contribution in [2.45, 2.75) is 38.5 Å². The molecule has 1 aliphatic rings. The second-order valence-electron chi connectivity index (χ2n) is 7.05. The fraction of sp³-hybridized carbons (Fsp3) is 0.381. The van der Waals surface area contributed by atoms with E-state index in [4.69, 9.17) is 5.73 Å². The average Bonchev–Trinajstić information content (AvgIpc) is 3.37. The Bertz CT molecular complexity index is 689. The quantitative estimate of drug-likeness (QED) is 0.794. The predicted molar refractivity (Wildman–Crippen MR) is 98.9 cm³/mol. The van der Waals surface area contributed by atoms with Crippen LogP contribution in [0.3, 0.4) is 0 Å². The van der Waals surface area contributed by atoms with Crippen molar-refractivity contribution < 1.29 is 4.79 Å². The number of anilines is 1. The molecule has 2 unspecified atom stereocenters. The molecule has 2 aromatic carbocycles. The number of hydrogen-bond donors (Lipinski definition) is 2. The maximum Gasteiger partial charge on any atom is 0.223 e. The van der Waals surface area contributed by atoms with Crippen LogP contribution in [0.2, 0.25) is 0 Å². The SMILES string of the molecule is CC(C)c1ccc(C2CC2C(=O)NCCc2ccc(N)cc2)cc1. The third-order valence-corrected chi connectivity index (χ3v) is 4.85. The summed E-state index contributed by atoms with van der Waals surface area (Å²) in [6.07, 6.45) is 1.81. The van der Waals surface area contributed by atoms with Crippen LogP contribution >= 0.6 is 0 Å². The Labute approximate surface area is 144 Å². The molecule has 0 heterocycles. The van der Waals surface area contributed by atoms with Crippen LogP contribution in [0.25, 0.3) is 0 Å². The van der Waals surface area contributed by atoms with Gasteiger partial charge in [0.1, 0.15) is 0 Å². The largest absolute Gasteiger partial charge is 0.399 e. The summed E-state index contributed by atoms with van der Waals surface area (Å²) in [5.41, 5.74) is 10.3. The number of nitrogens with one attached hydrogen (secondary N) is 1. The molecule has 0 spiro atoms. The van der Waals surface area contributed by atoms with Gasteiger partial charge in [-0.05, 0) is 53.5 Å². The summed E-state index contributed by atoms with van der Waals surface area (Å²) in [6.45, 7) is 5.07. The maximum atomic E-state index is 12.3. The number of rotatable bonds is 6. The molecule has 0 bridgehead atoms. The van der Waals surface area contributed by atoms with Crippen molar-refractivity contribution >= 4 is 11.6 Å². The van der Waals surface area contributed by atoms with Crippen LogP contribution < -0.4 is 11.1 Å². The van der Waals surface area contributed by atoms with Crippen molar-refractivity contribution in [3.63, 3.8) is 0 Å². The van der Waals surface area contributed by atoms with Crippen LogP contribution in [0.1, 0.15) is 48.8 Å². The van der Waals surface area contributed by atoms with Crippen molar-refractivity contribution in [1.82, 2.24) is 5.32 Å². The lowest BCUT2D eigenvalue weighted by atomic mass is 10.00. The van der Waals surface area contributed by atoms with E-state index in [0.717, 1.165) is 18.5 Å². The number of benzene rings is 2. The maximum absolute atomic E-state index is 12.3. The van der Waals surface area contributed by atoms with E-state index in [2.05, 4.69) is 43.4 Å². The number of nitrogens with two attached hydrogens (primary N) is 1. The first-order chi connectivity index (χ1) is 11.5. The first-order valence-corrected chi connectivity index (χ1v) is 8.76. The molecule has 1 fully saturated rings. The minimum absolute atomic E-state index is 0.140. The first-order valence-electron chi connectivity index (χ1n) is 8.76. The smallest absolute Gasteiger partial charge is 0.223 e. The molecule has 1 aliphatic carbocycles. The van der Waals surface area contributed by atoms with Crippen LogP contribution in [0, 0.1) is 5.92 Å². The van der Waals surface area contributed by atoms with E-state index in [-0.39, 0.29) is 11.8 Å². The van der Waals surface area contributed by atoms with Gasteiger partial charge in [0.15, 0.2) is 0 Å². The Morgan fingerprint density at radius 3 is 2.42 bits per heavy atom. The van der Waals surface area contributed by atoms with E-state index in [1.807, 2.05) is 24.3 Å². The highest BCUT2D eigenvalue weighted by atomic mass is 16.2. The highest BCUT2D eigenvalue weighted by Gasteiger charge is 2.43. The molecule has 24 heavy (non-hydrogen) atoms. The molecular formula is C21H26N2O. The fourth-order valence-corrected chi connectivity index (χ4v) is 3.13. The highest BCUT2D eigenvalue weighted by Crippen LogP contribution is 2.47. The summed E-state index contributed by atoms with van der Waals surface area (Å²) in [7, 11) is 0. The number of carbonyl (C=O) groups is 1. The average molecular weight is 322 g/mol. The molecule has 0 radical (unpaired) electrons. The predicted octanol–water partition coefficient (Wildman–Crippen LogP) is 3.85. The minimum atomic E-state index is 0.140. The Morgan fingerprint density at radius 1 is 1.12 bits per heavy atom. The second kappa shape index (κ2) is 7.08. The van der Waals surface area contributed by atoms with Crippen LogP contribution in [0.4, 0.5) is 5.69 Å². The summed E-state index contributed by atoms with van der Waals surface area (Å²) in [5, 5.41) is 3.07. The Balaban J connectivity index is 1.46. The zero-order valence-electron chi connectivity index (χ0n) is 14.5. The number of nitrogen functional groups attached to an aromatic ring is 1. The lowest BCUT2D eigenvalue weighted by molar-refractivity contribution is -0.122. The fourth-order valence-electron chi connectivity index (χ4n) is 3.13. The van der Waals surface area contributed by atoms with E-state index in [1.165, 1.54) is 16.7 Å². The van der Waals surface area contributed by atoms with Gasteiger partial charge in [-0.1, -0.05) is 50.2 Å². The minimum Gasteiger partial charge on any atom is -0.399 e. The lowest BCUT2D eigenvalue weighted by Crippen LogP contribution is -2.27. The summed E-state index contributed by atoms with van der Waals surface area (Å²) in [5.74, 6) is 1.26. The van der Waals surface area contributed by atoms with Gasteiger partial charge >= 0.3 is 0 Å². The zero-order valence-corrected chi connectivity index (χ0v) is 14.5. The van der Waals surface area contributed by atoms with Gasteiger partial charge in [-0.25, -0.2) is 0 Å². The summed E-state index contributed by atoms with van der Waals surface area (Å²) in [6, 6.07) is 16.6. The number of hydrogen-bond acceptors (Lipinski definition) is 2. The van der Waals surface area contributed by atoms with Gasteiger partial charge in [-0.3, -0.25) is 4.79 Å². The molecular weight excluding hydrogens is 296 g/mol. The summed E-state index contributed by atoms with van der Waals surface area (Å²) >= 11 is 0. The summed E-state index contributed by atoms with van der Waals surface area (Å²) < 4.78 is 0. The third kappa shape index (κ3) is 3.97. The monoisotopic (exact) mass is 322 g/mol. The zero-order chi connectivity index (χ0) is 17.1. The van der Waals surface area contributed by atoms with Gasteiger partial charge in [-0.2, -0.15) is 0 Å². The molecule has 3 nitrogen and oxygen atoms in total. The Morgan fingerprint density at radius 2 is 1.79 bits per heavy atom. The second-order valence-corrected chi connectivity index (χ2v) is 7.05. The van der Waals surface area contributed by atoms with Crippen molar-refractivity contribution in [1.29, 1.82) is 0 Å². The molecule has 3 N–H and O–H groups in total. The van der Waals surface area contributed by atoms with Crippen LogP contribution in [0.5, 0.6) is 0 Å². The molecule has 0 saturated heterocycles. The highest BCUT2D eigenvalue weighted by molar-refractivity contribution is 5.82. The van der Waals surface area contributed by atoms with Crippen molar-refractivity contribution in [3.05, 3.63) is 65.2 Å². The molecule has 2 atom stereocenters. The molecule has 126 valence electrons. The lowest BCUT2D eigenvalue weighted by Gasteiger charge is -2.07. The van der Waals surface area contributed by atoms with Crippen LogP contribution in [-0.4, -0.2) is 12.5 Å². The molecule has 1 saturated carbocycles. The molecule has 2 aromatic rings. The van der Waals surface area contributed by atoms with Gasteiger partial charge in [-0.15, -0.1) is 0 Å². The topological polar surface area (TPSA) is 55.1 Å². The number of amides is 1. The van der Waals surface area contributed by atoms with Crippen molar-refractivity contribution in [2.75, 3.05) is 12.3 Å². The Kier molecular flexibility index (Phi) is 4.89. The van der Waals surface area contributed by atoms with E-state index >= 15 is 0 Å². The molecule has 0 aromatic heterocycles. The third-order valence-electron chi connectivity index (χ3n) is 4.85.